The van der Waals surface area contributed by atoms with E-state index in [4.69, 9.17) is 0 Å². The molecule has 0 radical (unpaired) electrons. The third kappa shape index (κ3) is 3.84. The number of amides is 2. The van der Waals surface area contributed by atoms with Gasteiger partial charge in [0.05, 0.1) is 18.6 Å². The molecule has 1 fully saturated rings. The van der Waals surface area contributed by atoms with Crippen molar-refractivity contribution in [1.82, 2.24) is 0 Å². The second-order valence-corrected chi connectivity index (χ2v) is 6.70. The molecule has 140 valence electrons. The van der Waals surface area contributed by atoms with Gasteiger partial charge < -0.3 is 15.0 Å². The Bertz CT molecular complexity index is 869. The molecule has 1 aliphatic rings. The number of methoxy groups -OCH3 is 1. The maximum Gasteiger partial charge on any atom is 0.337 e. The van der Waals surface area contributed by atoms with Crippen molar-refractivity contribution in [3.8, 4) is 0 Å². The summed E-state index contributed by atoms with van der Waals surface area (Å²) in [6, 6.07) is 12.4. The topological polar surface area (TPSA) is 75.7 Å². The lowest BCUT2D eigenvalue weighted by molar-refractivity contribution is -0.122. The number of rotatable bonds is 4. The van der Waals surface area contributed by atoms with Gasteiger partial charge in [-0.05, 0) is 49.2 Å². The highest BCUT2D eigenvalue weighted by atomic mass is 16.5. The minimum absolute atomic E-state index is 0.109. The van der Waals surface area contributed by atoms with Gasteiger partial charge in [0.2, 0.25) is 11.8 Å². The Hall–Kier alpha value is -3.15. The first-order valence-corrected chi connectivity index (χ1v) is 8.76. The lowest BCUT2D eigenvalue weighted by Gasteiger charge is -2.18. The van der Waals surface area contributed by atoms with Crippen LogP contribution in [0.2, 0.25) is 0 Å². The number of aryl methyl sites for hydroxylation is 2. The van der Waals surface area contributed by atoms with Gasteiger partial charge in [0.1, 0.15) is 0 Å². The SMILES string of the molecule is COC(=O)c1ccc(N2CC(C(=O)Nc3c(C)cccc3C)CC2=O)cc1. The Labute approximate surface area is 158 Å². The summed E-state index contributed by atoms with van der Waals surface area (Å²) >= 11 is 0. The van der Waals surface area contributed by atoms with Crippen molar-refractivity contribution in [1.29, 1.82) is 0 Å². The molecule has 1 unspecified atom stereocenters. The summed E-state index contributed by atoms with van der Waals surface area (Å²) in [6.45, 7) is 4.20. The van der Waals surface area contributed by atoms with Crippen LogP contribution in [0.3, 0.4) is 0 Å². The molecule has 2 aromatic carbocycles. The number of nitrogens with one attached hydrogen (secondary N) is 1. The normalized spacial score (nSPS) is 16.3. The number of anilines is 2. The van der Waals surface area contributed by atoms with E-state index in [0.29, 0.717) is 17.8 Å². The molecule has 2 aromatic rings. The zero-order valence-corrected chi connectivity index (χ0v) is 15.6. The van der Waals surface area contributed by atoms with Gasteiger partial charge in [-0.15, -0.1) is 0 Å². The maximum absolute atomic E-state index is 12.7. The minimum atomic E-state index is -0.430. The van der Waals surface area contributed by atoms with Crippen LogP contribution in [0.15, 0.2) is 42.5 Å². The standard InChI is InChI=1S/C21H22N2O4/c1-13-5-4-6-14(2)19(13)22-20(25)16-11-18(24)23(12-16)17-9-7-15(8-10-17)21(26)27-3/h4-10,16H,11-12H2,1-3H3,(H,22,25). The van der Waals surface area contributed by atoms with Crippen molar-refractivity contribution >= 4 is 29.2 Å². The lowest BCUT2D eigenvalue weighted by atomic mass is 10.1. The molecular formula is C21H22N2O4. The van der Waals surface area contributed by atoms with Crippen LogP contribution in [0.25, 0.3) is 0 Å². The van der Waals surface area contributed by atoms with Gasteiger partial charge in [-0.25, -0.2) is 4.79 Å². The Morgan fingerprint density at radius 3 is 2.30 bits per heavy atom. The quantitative estimate of drug-likeness (QED) is 0.844. The zero-order valence-electron chi connectivity index (χ0n) is 15.6. The highest BCUT2D eigenvalue weighted by molar-refractivity contribution is 6.04. The summed E-state index contributed by atoms with van der Waals surface area (Å²) in [4.78, 5) is 38.2. The van der Waals surface area contributed by atoms with E-state index in [2.05, 4.69) is 10.1 Å². The first-order valence-electron chi connectivity index (χ1n) is 8.76. The van der Waals surface area contributed by atoms with Crippen molar-refractivity contribution in [2.24, 2.45) is 5.92 Å². The van der Waals surface area contributed by atoms with Crippen molar-refractivity contribution in [3.63, 3.8) is 0 Å². The summed E-state index contributed by atoms with van der Waals surface area (Å²) in [5.74, 6) is -1.12. The molecule has 1 heterocycles. The van der Waals surface area contributed by atoms with Crippen molar-refractivity contribution in [2.45, 2.75) is 20.3 Å². The molecule has 0 aromatic heterocycles. The first-order chi connectivity index (χ1) is 12.9. The number of hydrogen-bond acceptors (Lipinski definition) is 4. The molecular weight excluding hydrogens is 344 g/mol. The molecule has 1 aliphatic heterocycles. The molecule has 0 spiro atoms. The first kappa shape index (κ1) is 18.6. The van der Waals surface area contributed by atoms with Gasteiger partial charge in [-0.3, -0.25) is 9.59 Å². The summed E-state index contributed by atoms with van der Waals surface area (Å²) in [7, 11) is 1.32. The van der Waals surface area contributed by atoms with Crippen LogP contribution < -0.4 is 10.2 Å². The van der Waals surface area contributed by atoms with E-state index in [-0.39, 0.29) is 18.2 Å². The molecule has 3 rings (SSSR count). The van der Waals surface area contributed by atoms with Crippen molar-refractivity contribution in [3.05, 3.63) is 59.2 Å². The van der Waals surface area contributed by atoms with Crippen molar-refractivity contribution in [2.75, 3.05) is 23.9 Å². The zero-order chi connectivity index (χ0) is 19.6. The summed E-state index contributed by atoms with van der Waals surface area (Å²) < 4.78 is 4.67. The van der Waals surface area contributed by atoms with Crippen molar-refractivity contribution < 1.29 is 19.1 Å². The van der Waals surface area contributed by atoms with E-state index in [0.717, 1.165) is 16.8 Å². The van der Waals surface area contributed by atoms with Crippen LogP contribution >= 0.6 is 0 Å². The van der Waals surface area contributed by atoms with Gasteiger partial charge in [0, 0.05) is 24.3 Å². The van der Waals surface area contributed by atoms with Crippen LogP contribution in [-0.2, 0) is 14.3 Å². The Kier molecular flexibility index (Phi) is 5.26. The number of benzene rings is 2. The van der Waals surface area contributed by atoms with E-state index in [1.54, 1.807) is 29.2 Å². The Morgan fingerprint density at radius 1 is 1.07 bits per heavy atom. The number of para-hydroxylation sites is 1. The molecule has 2 amide bonds. The number of carbonyl (C=O) groups excluding carboxylic acids is 3. The van der Waals surface area contributed by atoms with Crippen LogP contribution in [0, 0.1) is 19.8 Å². The number of nitrogens with zero attached hydrogens (tertiary/aromatic N) is 1. The predicted molar refractivity (Wildman–Crippen MR) is 103 cm³/mol. The fourth-order valence-corrected chi connectivity index (χ4v) is 3.26. The number of hydrogen-bond donors (Lipinski definition) is 1. The number of carbonyl (C=O) groups is 3. The highest BCUT2D eigenvalue weighted by Gasteiger charge is 2.35. The molecule has 1 N–H and O–H groups in total. The van der Waals surface area contributed by atoms with E-state index in [9.17, 15) is 14.4 Å². The molecule has 1 atom stereocenters. The molecule has 27 heavy (non-hydrogen) atoms. The monoisotopic (exact) mass is 366 g/mol. The molecule has 0 bridgehead atoms. The van der Waals surface area contributed by atoms with E-state index >= 15 is 0 Å². The third-order valence-electron chi connectivity index (χ3n) is 4.83. The van der Waals surface area contributed by atoms with E-state index in [1.165, 1.54) is 7.11 Å². The molecule has 0 aliphatic carbocycles. The average molecular weight is 366 g/mol. The Morgan fingerprint density at radius 2 is 1.70 bits per heavy atom. The maximum atomic E-state index is 12.7. The van der Waals surface area contributed by atoms with Gasteiger partial charge in [0.15, 0.2) is 0 Å². The second-order valence-electron chi connectivity index (χ2n) is 6.70. The van der Waals surface area contributed by atoms with E-state index in [1.807, 2.05) is 32.0 Å². The summed E-state index contributed by atoms with van der Waals surface area (Å²) in [5.41, 5.74) is 3.86. The Balaban J connectivity index is 1.71. The number of ether oxygens (including phenoxy) is 1. The van der Waals surface area contributed by atoms with E-state index < -0.39 is 11.9 Å². The third-order valence-corrected chi connectivity index (χ3v) is 4.83. The van der Waals surface area contributed by atoms with Gasteiger partial charge in [-0.1, -0.05) is 18.2 Å². The minimum Gasteiger partial charge on any atom is -0.465 e. The molecule has 6 nitrogen and oxygen atoms in total. The second kappa shape index (κ2) is 7.61. The van der Waals surface area contributed by atoms with Gasteiger partial charge in [0.25, 0.3) is 0 Å². The lowest BCUT2D eigenvalue weighted by Crippen LogP contribution is -2.28. The van der Waals surface area contributed by atoms with Crippen LogP contribution in [0.5, 0.6) is 0 Å². The summed E-state index contributed by atoms with van der Waals surface area (Å²) in [5, 5.41) is 2.97. The largest absolute Gasteiger partial charge is 0.465 e. The highest BCUT2D eigenvalue weighted by Crippen LogP contribution is 2.27. The van der Waals surface area contributed by atoms with Crippen LogP contribution in [0.1, 0.15) is 27.9 Å². The summed E-state index contributed by atoms with van der Waals surface area (Å²) in [6.07, 6.45) is 0.162. The van der Waals surface area contributed by atoms with Gasteiger partial charge in [-0.2, -0.15) is 0 Å². The van der Waals surface area contributed by atoms with Crippen LogP contribution in [0.4, 0.5) is 11.4 Å². The predicted octanol–water partition coefficient (Wildman–Crippen LogP) is 3.08. The fourth-order valence-electron chi connectivity index (χ4n) is 3.26. The molecule has 1 saturated heterocycles. The smallest absolute Gasteiger partial charge is 0.337 e. The number of esters is 1. The molecule has 0 saturated carbocycles. The van der Waals surface area contributed by atoms with Gasteiger partial charge >= 0.3 is 5.97 Å². The van der Waals surface area contributed by atoms with Crippen LogP contribution in [-0.4, -0.2) is 31.4 Å². The fraction of sp³-hybridized carbons (Fsp3) is 0.286. The molecule has 6 heteroatoms. The average Bonchev–Trinajstić information content (AvgIpc) is 3.06.